The van der Waals surface area contributed by atoms with E-state index in [1.165, 1.54) is 30.8 Å². The maximum absolute atomic E-state index is 5.42. The Hall–Kier alpha value is -0.870. The van der Waals surface area contributed by atoms with E-state index in [1.54, 1.807) is 0 Å². The Labute approximate surface area is 96.2 Å². The second kappa shape index (κ2) is 4.18. The summed E-state index contributed by atoms with van der Waals surface area (Å²) in [4.78, 5) is 7.07. The monoisotopic (exact) mass is 221 g/mol. The van der Waals surface area contributed by atoms with Crippen molar-refractivity contribution in [2.75, 3.05) is 19.8 Å². The molecule has 4 heteroatoms. The van der Waals surface area contributed by atoms with Crippen LogP contribution in [0.25, 0.3) is 0 Å². The highest BCUT2D eigenvalue weighted by molar-refractivity contribution is 5.16. The van der Waals surface area contributed by atoms with Crippen LogP contribution in [-0.2, 0) is 24.8 Å². The average Bonchev–Trinajstić information content (AvgIpc) is 2.72. The molecule has 0 saturated carbocycles. The molecule has 2 aliphatic heterocycles. The summed E-state index contributed by atoms with van der Waals surface area (Å²) in [5, 5.41) is 0. The Balaban J connectivity index is 1.72. The zero-order chi connectivity index (χ0) is 11.0. The van der Waals surface area contributed by atoms with Gasteiger partial charge in [-0.1, -0.05) is 0 Å². The van der Waals surface area contributed by atoms with E-state index in [2.05, 4.69) is 21.5 Å². The van der Waals surface area contributed by atoms with Crippen molar-refractivity contribution >= 4 is 0 Å². The molecule has 0 spiro atoms. The van der Waals surface area contributed by atoms with Crippen LogP contribution in [0, 0.1) is 0 Å². The van der Waals surface area contributed by atoms with Crippen LogP contribution in [-0.4, -0.2) is 40.3 Å². The second-order valence-electron chi connectivity index (χ2n) is 4.81. The van der Waals surface area contributed by atoms with Gasteiger partial charge in [-0.05, 0) is 12.8 Å². The predicted molar refractivity (Wildman–Crippen MR) is 61.2 cm³/mol. The quantitative estimate of drug-likeness (QED) is 0.707. The number of rotatable bonds is 1. The lowest BCUT2D eigenvalue weighted by molar-refractivity contribution is 0.0283. The fourth-order valence-corrected chi connectivity index (χ4v) is 2.84. The van der Waals surface area contributed by atoms with Gasteiger partial charge in [0, 0.05) is 51.5 Å². The largest absolute Gasteiger partial charge is 0.381 e. The number of hydrogen-bond acceptors (Lipinski definition) is 3. The van der Waals surface area contributed by atoms with Crippen molar-refractivity contribution in [2.24, 2.45) is 7.05 Å². The van der Waals surface area contributed by atoms with E-state index in [1.807, 2.05) is 6.33 Å². The van der Waals surface area contributed by atoms with Crippen molar-refractivity contribution in [1.82, 2.24) is 14.5 Å². The van der Waals surface area contributed by atoms with Crippen molar-refractivity contribution in [3.63, 3.8) is 0 Å². The Morgan fingerprint density at radius 3 is 3.00 bits per heavy atom. The molecule has 1 aromatic rings. The molecule has 1 saturated heterocycles. The number of hydrogen-bond donors (Lipinski definition) is 0. The molecule has 2 aliphatic rings. The van der Waals surface area contributed by atoms with Gasteiger partial charge in [-0.2, -0.15) is 0 Å². The highest BCUT2D eigenvalue weighted by atomic mass is 16.5. The van der Waals surface area contributed by atoms with Crippen LogP contribution in [0.15, 0.2) is 6.33 Å². The van der Waals surface area contributed by atoms with Gasteiger partial charge in [0.2, 0.25) is 0 Å². The molecule has 1 fully saturated rings. The van der Waals surface area contributed by atoms with Gasteiger partial charge in [-0.25, -0.2) is 4.98 Å². The van der Waals surface area contributed by atoms with Gasteiger partial charge in [0.15, 0.2) is 0 Å². The lowest BCUT2D eigenvalue weighted by atomic mass is 10.0. The molecule has 0 N–H and O–H groups in total. The van der Waals surface area contributed by atoms with Gasteiger partial charge in [0.1, 0.15) is 0 Å². The predicted octanol–water partition coefficient (Wildman–Crippen LogP) is 0.957. The van der Waals surface area contributed by atoms with E-state index in [9.17, 15) is 0 Å². The molecule has 0 aromatic carbocycles. The first-order valence-electron chi connectivity index (χ1n) is 6.15. The highest BCUT2D eigenvalue weighted by Crippen LogP contribution is 2.23. The number of aromatic nitrogens is 2. The van der Waals surface area contributed by atoms with Crippen LogP contribution in [0.5, 0.6) is 0 Å². The Bertz CT molecular complexity index is 368. The highest BCUT2D eigenvalue weighted by Gasteiger charge is 2.26. The molecule has 0 aliphatic carbocycles. The first kappa shape index (κ1) is 10.3. The molecule has 88 valence electrons. The first-order valence-corrected chi connectivity index (χ1v) is 6.15. The normalized spacial score (nSPS) is 23.3. The number of imidazole rings is 1. The minimum Gasteiger partial charge on any atom is -0.381 e. The minimum atomic E-state index is 0.712. The van der Waals surface area contributed by atoms with Crippen molar-refractivity contribution in [2.45, 2.75) is 31.8 Å². The van der Waals surface area contributed by atoms with E-state index in [0.717, 1.165) is 26.2 Å². The third-order valence-corrected chi connectivity index (χ3v) is 3.84. The summed E-state index contributed by atoms with van der Waals surface area (Å²) in [5.41, 5.74) is 2.70. The van der Waals surface area contributed by atoms with Gasteiger partial charge < -0.3 is 9.30 Å². The summed E-state index contributed by atoms with van der Waals surface area (Å²) in [6.45, 7) is 4.06. The molecular weight excluding hydrogens is 202 g/mol. The van der Waals surface area contributed by atoms with E-state index < -0.39 is 0 Å². The third-order valence-electron chi connectivity index (χ3n) is 3.84. The SMILES string of the molecule is Cn1cnc2c1CCN(C1CCOCC1)C2. The van der Waals surface area contributed by atoms with E-state index in [-0.39, 0.29) is 0 Å². The molecule has 0 atom stereocenters. The van der Waals surface area contributed by atoms with Gasteiger partial charge in [-0.15, -0.1) is 0 Å². The van der Waals surface area contributed by atoms with Crippen molar-refractivity contribution in [3.8, 4) is 0 Å². The van der Waals surface area contributed by atoms with Crippen molar-refractivity contribution < 1.29 is 4.74 Å². The van der Waals surface area contributed by atoms with Gasteiger partial charge >= 0.3 is 0 Å². The lowest BCUT2D eigenvalue weighted by Crippen LogP contribution is -2.42. The van der Waals surface area contributed by atoms with Crippen LogP contribution < -0.4 is 0 Å². The van der Waals surface area contributed by atoms with Crippen molar-refractivity contribution in [1.29, 1.82) is 0 Å². The number of ether oxygens (including phenoxy) is 1. The molecule has 0 amide bonds. The zero-order valence-corrected chi connectivity index (χ0v) is 9.85. The molecule has 16 heavy (non-hydrogen) atoms. The van der Waals surface area contributed by atoms with Crippen LogP contribution in [0.3, 0.4) is 0 Å². The van der Waals surface area contributed by atoms with E-state index in [4.69, 9.17) is 4.74 Å². The standard InChI is InChI=1S/C12H19N3O/c1-14-9-13-11-8-15(5-2-12(11)14)10-3-6-16-7-4-10/h9-10H,2-8H2,1H3. The lowest BCUT2D eigenvalue weighted by Gasteiger charge is -2.36. The first-order chi connectivity index (χ1) is 7.84. The molecule has 1 aromatic heterocycles. The summed E-state index contributed by atoms with van der Waals surface area (Å²) < 4.78 is 7.58. The number of aryl methyl sites for hydroxylation is 1. The Kier molecular flexibility index (Phi) is 2.69. The Morgan fingerprint density at radius 1 is 1.38 bits per heavy atom. The van der Waals surface area contributed by atoms with Crippen LogP contribution in [0.4, 0.5) is 0 Å². The second-order valence-corrected chi connectivity index (χ2v) is 4.81. The average molecular weight is 221 g/mol. The molecule has 0 unspecified atom stereocenters. The molecule has 0 bridgehead atoms. The van der Waals surface area contributed by atoms with E-state index in [0.29, 0.717) is 6.04 Å². The van der Waals surface area contributed by atoms with E-state index >= 15 is 0 Å². The van der Waals surface area contributed by atoms with Crippen LogP contribution in [0.2, 0.25) is 0 Å². The van der Waals surface area contributed by atoms with Crippen LogP contribution in [0.1, 0.15) is 24.2 Å². The number of nitrogens with zero attached hydrogens (tertiary/aromatic N) is 3. The fourth-order valence-electron chi connectivity index (χ4n) is 2.84. The molecule has 4 nitrogen and oxygen atoms in total. The smallest absolute Gasteiger partial charge is 0.0949 e. The topological polar surface area (TPSA) is 30.3 Å². The molecule has 0 radical (unpaired) electrons. The number of fused-ring (bicyclic) bond motifs is 1. The summed E-state index contributed by atoms with van der Waals surface area (Å²) in [6.07, 6.45) is 5.45. The van der Waals surface area contributed by atoms with Gasteiger partial charge in [-0.3, -0.25) is 4.90 Å². The van der Waals surface area contributed by atoms with Gasteiger partial charge in [0.05, 0.1) is 12.0 Å². The van der Waals surface area contributed by atoms with Crippen LogP contribution >= 0.6 is 0 Å². The third kappa shape index (κ3) is 1.76. The molecular formula is C12H19N3O. The summed E-state index contributed by atoms with van der Waals surface area (Å²) in [6, 6.07) is 0.712. The summed E-state index contributed by atoms with van der Waals surface area (Å²) in [7, 11) is 2.09. The zero-order valence-electron chi connectivity index (χ0n) is 9.85. The summed E-state index contributed by atoms with van der Waals surface area (Å²) >= 11 is 0. The summed E-state index contributed by atoms with van der Waals surface area (Å²) in [5.74, 6) is 0. The fraction of sp³-hybridized carbons (Fsp3) is 0.750. The van der Waals surface area contributed by atoms with Gasteiger partial charge in [0.25, 0.3) is 0 Å². The maximum Gasteiger partial charge on any atom is 0.0949 e. The molecule has 3 rings (SSSR count). The Morgan fingerprint density at radius 2 is 2.19 bits per heavy atom. The maximum atomic E-state index is 5.42. The molecule has 3 heterocycles. The minimum absolute atomic E-state index is 0.712. The van der Waals surface area contributed by atoms with Crippen molar-refractivity contribution in [3.05, 3.63) is 17.7 Å².